The number of phosphoric ester groups is 1. The molecule has 32 heavy (non-hydrogen) atoms. The zero-order valence-electron chi connectivity index (χ0n) is 15.8. The second kappa shape index (κ2) is 9.83. The number of fused-ring (bicyclic) bond motifs is 1. The molecule has 22 heteroatoms. The Morgan fingerprint density at radius 1 is 1.19 bits per heavy atom. The Hall–Kier alpha value is -0.793. The fourth-order valence-electron chi connectivity index (χ4n) is 2.59. The molecule has 3 heterocycles. The molecule has 0 radical (unpaired) electrons. The zero-order valence-corrected chi connectivity index (χ0v) is 18.5. The first kappa shape index (κ1) is 27.5. The molecule has 6 N–H and O–H groups in total. The Balaban J connectivity index is 0.00000363. The molecule has 2 aromatic rings. The van der Waals surface area contributed by atoms with E-state index in [4.69, 9.17) is 20.3 Å². The predicted molar refractivity (Wildman–Crippen MR) is 92.1 cm³/mol. The molecular weight excluding hydrogens is 501 g/mol. The largest absolute Gasteiger partial charge is 1.00 e. The van der Waals surface area contributed by atoms with Crippen LogP contribution in [0.25, 0.3) is 11.2 Å². The van der Waals surface area contributed by atoms with Crippen LogP contribution in [-0.4, -0.2) is 64.3 Å². The summed E-state index contributed by atoms with van der Waals surface area (Å²) in [6.07, 6.45) is -4.93. The third kappa shape index (κ3) is 6.41. The predicted octanol–water partition coefficient (Wildman–Crippen LogP) is -4.28. The van der Waals surface area contributed by atoms with Crippen LogP contribution in [0.3, 0.4) is 0 Å². The minimum atomic E-state index is -5.81. The van der Waals surface area contributed by atoms with Crippen molar-refractivity contribution in [1.29, 1.82) is 0 Å². The summed E-state index contributed by atoms with van der Waals surface area (Å²) in [6, 6.07) is 0. The molecule has 7 atom stereocenters. The van der Waals surface area contributed by atoms with Gasteiger partial charge in [-0.25, -0.2) is 32.8 Å². The number of rotatable bonds is 8. The number of hydrogen-bond donors (Lipinski definition) is 5. The van der Waals surface area contributed by atoms with E-state index in [1.165, 1.54) is 0 Å². The fourth-order valence-corrected chi connectivity index (χ4v) is 5.59. The van der Waals surface area contributed by atoms with Gasteiger partial charge in [0.25, 0.3) is 7.82 Å². The number of phosphoric acid groups is 3. The summed E-state index contributed by atoms with van der Waals surface area (Å²) < 4.78 is 65.7. The second-order valence-electron chi connectivity index (χ2n) is 5.95. The SMILES string of the molecule is Nc1ncnc2c1ncn2[C@@H]1O[C@H](COP(=O)(O)OP(=O)(O)OP(=O)([O-])O)[C@@H](O)[C@H]1F.[Li+]. The molecule has 0 aliphatic carbocycles. The molecule has 2 aromatic heterocycles. The number of nitrogens with two attached hydrogens (primary N) is 1. The van der Waals surface area contributed by atoms with Crippen molar-refractivity contribution in [3.8, 4) is 0 Å². The number of aliphatic hydroxyl groups excluding tert-OH is 1. The number of aliphatic hydroxyl groups is 1. The Kier molecular flexibility index (Phi) is 8.43. The molecule has 0 spiro atoms. The van der Waals surface area contributed by atoms with Gasteiger partial charge in [0.2, 0.25) is 0 Å². The van der Waals surface area contributed by atoms with Crippen LogP contribution in [0.1, 0.15) is 6.23 Å². The van der Waals surface area contributed by atoms with Crippen LogP contribution in [0, 0.1) is 0 Å². The van der Waals surface area contributed by atoms with Gasteiger partial charge in [0.05, 0.1) is 12.9 Å². The van der Waals surface area contributed by atoms with Crippen molar-refractivity contribution >= 4 is 40.4 Å². The summed E-state index contributed by atoms with van der Waals surface area (Å²) in [5.74, 6) is -0.00267. The van der Waals surface area contributed by atoms with Gasteiger partial charge in [-0.15, -0.1) is 0 Å². The standard InChI is InChI=1S/C10H15FN5O12P3.Li/c11-5-7(17)4(1-25-30(21,22)28-31(23,24)27-29(18,19)20)26-10(5)16-3-15-6-8(12)13-2-14-9(6)16;/h2-5,7,10,17H,1H2,(H,21,22)(H,23,24)(H2,12,13,14)(H2,18,19,20);/q;+1/p-1/t4-,5-,7-,10-;/m1./s1. The van der Waals surface area contributed by atoms with E-state index in [9.17, 15) is 33.0 Å². The summed E-state index contributed by atoms with van der Waals surface area (Å²) >= 11 is 0. The molecular formula is C10H14FLiN5O12P3. The molecule has 0 aromatic carbocycles. The Morgan fingerprint density at radius 3 is 2.47 bits per heavy atom. The smallest absolute Gasteiger partial charge is 0.756 e. The number of nitrogen functional groups attached to an aromatic ring is 1. The van der Waals surface area contributed by atoms with Crippen LogP contribution in [-0.2, 0) is 31.6 Å². The van der Waals surface area contributed by atoms with Crippen LogP contribution >= 0.6 is 23.5 Å². The van der Waals surface area contributed by atoms with Gasteiger partial charge in [-0.05, 0) is 0 Å². The normalized spacial score (nSPS) is 29.1. The van der Waals surface area contributed by atoms with Gasteiger partial charge >= 0.3 is 34.5 Å². The molecule has 3 unspecified atom stereocenters. The van der Waals surface area contributed by atoms with Crippen LogP contribution in [0.4, 0.5) is 10.2 Å². The molecule has 1 fully saturated rings. The van der Waals surface area contributed by atoms with Crippen molar-refractivity contribution in [2.24, 2.45) is 0 Å². The van der Waals surface area contributed by atoms with E-state index >= 15 is 0 Å². The van der Waals surface area contributed by atoms with Crippen molar-refractivity contribution in [2.75, 3.05) is 12.3 Å². The van der Waals surface area contributed by atoms with Crippen LogP contribution in [0.2, 0.25) is 0 Å². The summed E-state index contributed by atoms with van der Waals surface area (Å²) in [4.78, 5) is 48.8. The van der Waals surface area contributed by atoms with Gasteiger partial charge in [0, 0.05) is 0 Å². The van der Waals surface area contributed by atoms with E-state index in [0.717, 1.165) is 17.2 Å². The van der Waals surface area contributed by atoms with Gasteiger partial charge in [0.1, 0.15) is 24.1 Å². The van der Waals surface area contributed by atoms with E-state index in [-0.39, 0.29) is 35.8 Å². The number of halogens is 1. The van der Waals surface area contributed by atoms with Crippen LogP contribution in [0.15, 0.2) is 12.7 Å². The Bertz CT molecular complexity index is 1120. The molecule has 1 aliphatic rings. The molecule has 0 saturated carbocycles. The molecule has 0 amide bonds. The third-order valence-corrected chi connectivity index (χ3v) is 7.55. The molecule has 1 aliphatic heterocycles. The van der Waals surface area contributed by atoms with Crippen molar-refractivity contribution in [3.05, 3.63) is 12.7 Å². The first-order valence-corrected chi connectivity index (χ1v) is 12.3. The van der Waals surface area contributed by atoms with Crippen molar-refractivity contribution < 1.29 is 79.5 Å². The van der Waals surface area contributed by atoms with Crippen molar-refractivity contribution in [3.63, 3.8) is 0 Å². The minimum Gasteiger partial charge on any atom is -0.756 e. The van der Waals surface area contributed by atoms with E-state index in [1.54, 1.807) is 0 Å². The molecule has 174 valence electrons. The van der Waals surface area contributed by atoms with Crippen LogP contribution < -0.4 is 29.5 Å². The number of aromatic nitrogens is 4. The number of anilines is 1. The maximum Gasteiger partial charge on any atom is 1.00 e. The van der Waals surface area contributed by atoms with E-state index in [2.05, 4.69) is 28.1 Å². The van der Waals surface area contributed by atoms with Crippen molar-refractivity contribution in [1.82, 2.24) is 19.5 Å². The fraction of sp³-hybridized carbons (Fsp3) is 0.500. The summed E-state index contributed by atoms with van der Waals surface area (Å²) in [5, 5.41) is 10.0. The van der Waals surface area contributed by atoms with Gasteiger partial charge in [-0.3, -0.25) is 13.7 Å². The average molecular weight is 515 g/mol. The number of hydrogen-bond acceptors (Lipinski definition) is 13. The number of nitrogens with zero attached hydrogens (tertiary/aromatic N) is 4. The first-order valence-electron chi connectivity index (χ1n) is 7.86. The molecule has 3 rings (SSSR count). The molecule has 1 saturated heterocycles. The quantitative estimate of drug-likeness (QED) is 0.165. The van der Waals surface area contributed by atoms with Gasteiger partial charge in [-0.2, -0.15) is 4.31 Å². The molecule has 0 bridgehead atoms. The zero-order chi connectivity index (χ0) is 23.2. The van der Waals surface area contributed by atoms with E-state index < -0.39 is 54.7 Å². The Morgan fingerprint density at radius 2 is 1.84 bits per heavy atom. The summed E-state index contributed by atoms with van der Waals surface area (Å²) in [7, 11) is -17.1. The minimum absolute atomic E-state index is 0. The van der Waals surface area contributed by atoms with Gasteiger partial charge in [-0.1, -0.05) is 0 Å². The van der Waals surface area contributed by atoms with Crippen molar-refractivity contribution in [2.45, 2.75) is 24.6 Å². The second-order valence-corrected chi connectivity index (χ2v) is 10.3. The maximum atomic E-state index is 14.6. The van der Waals surface area contributed by atoms with Gasteiger partial charge < -0.3 is 35.2 Å². The summed E-state index contributed by atoms with van der Waals surface area (Å²) in [5.41, 5.74) is 5.82. The number of imidazole rings is 1. The topological polar surface area (TPSA) is 262 Å². The Labute approximate surface area is 189 Å². The average Bonchev–Trinajstić information content (AvgIpc) is 3.13. The van der Waals surface area contributed by atoms with Gasteiger partial charge in [0.15, 0.2) is 23.9 Å². The molecule has 17 nitrogen and oxygen atoms in total. The maximum absolute atomic E-state index is 14.6. The first-order chi connectivity index (χ1) is 14.2. The third-order valence-electron chi connectivity index (χ3n) is 3.77. The van der Waals surface area contributed by atoms with E-state index in [0.29, 0.717) is 0 Å². The van der Waals surface area contributed by atoms with Crippen LogP contribution in [0.5, 0.6) is 0 Å². The number of alkyl halides is 1. The van der Waals surface area contributed by atoms with E-state index in [1.807, 2.05) is 0 Å². The number of ether oxygens (including phenoxy) is 1. The summed E-state index contributed by atoms with van der Waals surface area (Å²) in [6.45, 7) is -1.05. The monoisotopic (exact) mass is 515 g/mol.